The molecule has 0 saturated carbocycles. The predicted octanol–water partition coefficient (Wildman–Crippen LogP) is 3.85. The molecule has 0 spiro atoms. The van der Waals surface area contributed by atoms with Crippen molar-refractivity contribution >= 4 is 0 Å². The molecule has 0 aliphatic rings. The molecule has 0 amide bonds. The van der Waals surface area contributed by atoms with Gasteiger partial charge < -0.3 is 0 Å². The molecule has 0 aromatic carbocycles. The average Bonchev–Trinajstić information content (AvgIpc) is 1.96. The van der Waals surface area contributed by atoms with Gasteiger partial charge in [0.05, 0.1) is 5.57 Å². The Morgan fingerprint density at radius 3 is 2.08 bits per heavy atom. The Kier molecular flexibility index (Phi) is 4.07. The molecule has 0 N–H and O–H groups in total. The highest BCUT2D eigenvalue weighted by Crippen LogP contribution is 2.31. The summed E-state index contributed by atoms with van der Waals surface area (Å²) in [6.45, 7) is 4.76. The van der Waals surface area contributed by atoms with Crippen LogP contribution in [0.4, 0.5) is 13.2 Å². The van der Waals surface area contributed by atoms with Gasteiger partial charge in [-0.3, -0.25) is 0 Å². The zero-order valence-corrected chi connectivity index (χ0v) is 7.50. The van der Waals surface area contributed by atoms with Crippen LogP contribution in [-0.4, -0.2) is 6.18 Å². The molecule has 0 rings (SSSR count). The van der Waals surface area contributed by atoms with Gasteiger partial charge in [0, 0.05) is 0 Å². The van der Waals surface area contributed by atoms with Gasteiger partial charge >= 0.3 is 6.18 Å². The molecule has 0 unspecified atom stereocenters. The SMILES string of the molecule is C/C=C(C)\C(=C/CC)C(F)(F)F. The maximum Gasteiger partial charge on any atom is 0.416 e. The fourth-order valence-corrected chi connectivity index (χ4v) is 0.860. The quantitative estimate of drug-likeness (QED) is 0.563. The lowest BCUT2D eigenvalue weighted by atomic mass is 10.1. The first-order valence-corrected chi connectivity index (χ1v) is 3.84. The number of allylic oxidation sites excluding steroid dienone is 4. The zero-order chi connectivity index (χ0) is 9.78. The Bertz CT molecular complexity index is 196. The zero-order valence-electron chi connectivity index (χ0n) is 7.50. The van der Waals surface area contributed by atoms with Gasteiger partial charge in [-0.25, -0.2) is 0 Å². The molecule has 0 aromatic rings. The van der Waals surface area contributed by atoms with Crippen LogP contribution in [0.25, 0.3) is 0 Å². The van der Waals surface area contributed by atoms with Gasteiger partial charge in [0.25, 0.3) is 0 Å². The molecular formula is C9H13F3. The van der Waals surface area contributed by atoms with Crippen LogP contribution >= 0.6 is 0 Å². The number of alkyl halides is 3. The molecule has 0 aliphatic carbocycles. The second kappa shape index (κ2) is 4.33. The number of hydrogen-bond acceptors (Lipinski definition) is 0. The van der Waals surface area contributed by atoms with E-state index in [1.54, 1.807) is 13.8 Å². The van der Waals surface area contributed by atoms with Gasteiger partial charge in [-0.2, -0.15) is 13.2 Å². The first-order chi connectivity index (χ1) is 5.43. The number of rotatable bonds is 2. The molecule has 0 fully saturated rings. The van der Waals surface area contributed by atoms with Crippen molar-refractivity contribution in [2.24, 2.45) is 0 Å². The lowest BCUT2D eigenvalue weighted by Gasteiger charge is -2.11. The third kappa shape index (κ3) is 3.11. The second-order valence-corrected chi connectivity index (χ2v) is 2.50. The predicted molar refractivity (Wildman–Crippen MR) is 43.9 cm³/mol. The van der Waals surface area contributed by atoms with E-state index < -0.39 is 11.7 Å². The molecule has 0 aromatic heterocycles. The molecule has 0 saturated heterocycles. The molecule has 70 valence electrons. The summed E-state index contributed by atoms with van der Waals surface area (Å²) in [4.78, 5) is 0. The Morgan fingerprint density at radius 1 is 1.33 bits per heavy atom. The van der Waals surface area contributed by atoms with Gasteiger partial charge in [-0.15, -0.1) is 0 Å². The topological polar surface area (TPSA) is 0 Å². The van der Waals surface area contributed by atoms with Crippen LogP contribution in [0.1, 0.15) is 27.2 Å². The first-order valence-electron chi connectivity index (χ1n) is 3.84. The largest absolute Gasteiger partial charge is 0.416 e. The summed E-state index contributed by atoms with van der Waals surface area (Å²) in [6, 6.07) is 0. The van der Waals surface area contributed by atoms with Crippen LogP contribution in [0.5, 0.6) is 0 Å². The number of hydrogen-bond donors (Lipinski definition) is 0. The monoisotopic (exact) mass is 178 g/mol. The Hall–Kier alpha value is -0.730. The molecule has 3 heteroatoms. The van der Waals surface area contributed by atoms with E-state index in [9.17, 15) is 13.2 Å². The lowest BCUT2D eigenvalue weighted by molar-refractivity contribution is -0.0895. The van der Waals surface area contributed by atoms with Crippen molar-refractivity contribution in [1.29, 1.82) is 0 Å². The van der Waals surface area contributed by atoms with Crippen LogP contribution in [0.15, 0.2) is 23.3 Å². The summed E-state index contributed by atoms with van der Waals surface area (Å²) >= 11 is 0. The van der Waals surface area contributed by atoms with Gasteiger partial charge in [-0.05, 0) is 25.8 Å². The van der Waals surface area contributed by atoms with Gasteiger partial charge in [0.2, 0.25) is 0 Å². The molecule has 0 radical (unpaired) electrons. The smallest absolute Gasteiger partial charge is 0.166 e. The standard InChI is InChI=1S/C9H13F3/c1-4-6-8(7(3)5-2)9(10,11)12/h5-6H,4H2,1-3H3/b7-5-,8-6+. The van der Waals surface area contributed by atoms with Crippen molar-refractivity contribution in [2.45, 2.75) is 33.4 Å². The fraction of sp³-hybridized carbons (Fsp3) is 0.556. The lowest BCUT2D eigenvalue weighted by Crippen LogP contribution is -2.12. The molecular weight excluding hydrogens is 165 g/mol. The van der Waals surface area contributed by atoms with Crippen LogP contribution < -0.4 is 0 Å². The van der Waals surface area contributed by atoms with Crippen molar-refractivity contribution in [3.8, 4) is 0 Å². The second-order valence-electron chi connectivity index (χ2n) is 2.50. The Morgan fingerprint density at radius 2 is 1.83 bits per heavy atom. The Labute approximate surface area is 70.8 Å². The molecule has 0 nitrogen and oxygen atoms in total. The maximum absolute atomic E-state index is 12.2. The van der Waals surface area contributed by atoms with E-state index >= 15 is 0 Å². The van der Waals surface area contributed by atoms with E-state index in [0.29, 0.717) is 6.42 Å². The number of halogens is 3. The van der Waals surface area contributed by atoms with E-state index in [0.717, 1.165) is 0 Å². The summed E-state index contributed by atoms with van der Waals surface area (Å²) < 4.78 is 36.7. The molecule has 0 aliphatic heterocycles. The van der Waals surface area contributed by atoms with Crippen molar-refractivity contribution in [2.75, 3.05) is 0 Å². The van der Waals surface area contributed by atoms with Crippen LogP contribution in [0.3, 0.4) is 0 Å². The highest BCUT2D eigenvalue weighted by atomic mass is 19.4. The van der Waals surface area contributed by atoms with Crippen LogP contribution in [0, 0.1) is 0 Å². The highest BCUT2D eigenvalue weighted by molar-refractivity contribution is 5.32. The summed E-state index contributed by atoms with van der Waals surface area (Å²) in [7, 11) is 0. The first kappa shape index (κ1) is 11.3. The summed E-state index contributed by atoms with van der Waals surface area (Å²) in [5.74, 6) is 0. The summed E-state index contributed by atoms with van der Waals surface area (Å²) in [6.07, 6.45) is -1.14. The maximum atomic E-state index is 12.2. The van der Waals surface area contributed by atoms with Gasteiger partial charge in [0.1, 0.15) is 0 Å². The van der Waals surface area contributed by atoms with E-state index in [4.69, 9.17) is 0 Å². The van der Waals surface area contributed by atoms with E-state index in [1.165, 1.54) is 19.1 Å². The minimum atomic E-state index is -4.22. The Balaban J connectivity index is 4.82. The van der Waals surface area contributed by atoms with Crippen molar-refractivity contribution in [3.63, 3.8) is 0 Å². The van der Waals surface area contributed by atoms with Crippen LogP contribution in [-0.2, 0) is 0 Å². The summed E-state index contributed by atoms with van der Waals surface area (Å²) in [5.41, 5.74) is -0.239. The minimum absolute atomic E-state index is 0.282. The van der Waals surface area contributed by atoms with E-state index in [2.05, 4.69) is 0 Å². The van der Waals surface area contributed by atoms with Gasteiger partial charge in [0.15, 0.2) is 0 Å². The van der Waals surface area contributed by atoms with Crippen LogP contribution in [0.2, 0.25) is 0 Å². The molecule has 0 heterocycles. The summed E-state index contributed by atoms with van der Waals surface area (Å²) in [5, 5.41) is 0. The van der Waals surface area contributed by atoms with E-state index in [1.807, 2.05) is 0 Å². The third-order valence-electron chi connectivity index (χ3n) is 1.57. The highest BCUT2D eigenvalue weighted by Gasteiger charge is 2.33. The fourth-order valence-electron chi connectivity index (χ4n) is 0.860. The van der Waals surface area contributed by atoms with Crippen molar-refractivity contribution in [1.82, 2.24) is 0 Å². The van der Waals surface area contributed by atoms with Crippen molar-refractivity contribution in [3.05, 3.63) is 23.3 Å². The van der Waals surface area contributed by atoms with E-state index in [-0.39, 0.29) is 5.57 Å². The average molecular weight is 178 g/mol. The normalized spacial score (nSPS) is 15.2. The minimum Gasteiger partial charge on any atom is -0.166 e. The molecule has 12 heavy (non-hydrogen) atoms. The third-order valence-corrected chi connectivity index (χ3v) is 1.57. The molecule has 0 bridgehead atoms. The van der Waals surface area contributed by atoms with Gasteiger partial charge in [-0.1, -0.05) is 19.1 Å². The van der Waals surface area contributed by atoms with Crippen molar-refractivity contribution < 1.29 is 13.2 Å². The molecule has 0 atom stereocenters.